The molecular weight excluding hydrogens is 853 g/mol. The van der Waals surface area contributed by atoms with Crippen molar-refractivity contribution in [2.45, 2.75) is 123 Å². The van der Waals surface area contributed by atoms with Crippen molar-refractivity contribution < 1.29 is 41.7 Å². The molecule has 0 aromatic heterocycles. The van der Waals surface area contributed by atoms with Gasteiger partial charge in [-0.1, -0.05) is 96.9 Å². The van der Waals surface area contributed by atoms with Crippen molar-refractivity contribution in [2.75, 3.05) is 0 Å². The van der Waals surface area contributed by atoms with Crippen molar-refractivity contribution in [1.29, 1.82) is 0 Å². The molecule has 4 atom stereocenters. The molecule has 6 heteroatoms. The maximum absolute atomic E-state index is 4.93. The first-order chi connectivity index (χ1) is 23.3. The topological polar surface area (TPSA) is 0 Å². The summed E-state index contributed by atoms with van der Waals surface area (Å²) in [5.41, 5.74) is 1.20. The van der Waals surface area contributed by atoms with Crippen LogP contribution >= 0.6 is 34.1 Å². The zero-order valence-corrected chi connectivity index (χ0v) is 41.1. The molecule has 10 fully saturated rings. The molecule has 0 heterocycles. The molecule has 0 saturated heterocycles. The maximum atomic E-state index is 4.93. The molecule has 272 valence electrons. The molecule has 0 N–H and O–H groups in total. The molecule has 0 aliphatic heterocycles. The quantitative estimate of drug-likeness (QED) is 0.227. The number of halogens is 4. The van der Waals surface area contributed by atoms with E-state index in [4.69, 9.17) is 34.1 Å². The van der Waals surface area contributed by atoms with Crippen LogP contribution in [0.1, 0.15) is 123 Å². The SMILES string of the molecule is CC1(C)C2C[C]3[CH][CH][CH][C]3C1C2.CC1(C)C2C[C]3[CH][CH][CH][C]3C1C2.C[C]1[C](C)[C](C)[C](C)[C]1C.C[C]1[C](C)[C](C)[C](C)[C]1C.[Cl][Zr][Cl].[Cl][Zr][Cl]. The zero-order chi connectivity index (χ0) is 37.9. The van der Waals surface area contributed by atoms with Crippen molar-refractivity contribution in [3.05, 3.63) is 121 Å². The minimum atomic E-state index is -0.826. The van der Waals surface area contributed by atoms with Gasteiger partial charge in [0.2, 0.25) is 0 Å². The van der Waals surface area contributed by atoms with Crippen LogP contribution in [-0.4, -0.2) is 0 Å². The number of rotatable bonds is 0. The minimum absolute atomic E-state index is 0.599. The first kappa shape index (κ1) is 47.3. The molecule has 10 aliphatic rings. The van der Waals surface area contributed by atoms with Crippen LogP contribution in [0.3, 0.4) is 0 Å². The molecule has 0 aromatic carbocycles. The summed E-state index contributed by atoms with van der Waals surface area (Å²) in [5.74, 6) is 24.9. The van der Waals surface area contributed by atoms with Gasteiger partial charge in [-0.25, -0.2) is 0 Å². The monoisotopic (exact) mass is 908 g/mol. The van der Waals surface area contributed by atoms with Gasteiger partial charge >= 0.3 is 75.7 Å². The van der Waals surface area contributed by atoms with Gasteiger partial charge in [0, 0.05) is 0 Å². The molecule has 0 spiro atoms. The van der Waals surface area contributed by atoms with Crippen LogP contribution in [0, 0.1) is 156 Å². The van der Waals surface area contributed by atoms with Gasteiger partial charge in [0.1, 0.15) is 0 Å². The Hall–Kier alpha value is 2.93. The third kappa shape index (κ3) is 10.3. The van der Waals surface area contributed by atoms with E-state index < -0.39 is 41.7 Å². The molecule has 10 aliphatic carbocycles. The van der Waals surface area contributed by atoms with Gasteiger partial charge in [-0.05, 0) is 182 Å². The van der Waals surface area contributed by atoms with Gasteiger partial charge in [-0.15, -0.1) is 0 Å². The molecule has 4 unspecified atom stereocenters. The van der Waals surface area contributed by atoms with Crippen molar-refractivity contribution >= 4 is 34.1 Å². The third-order valence-electron chi connectivity index (χ3n) is 14.1. The first-order valence-electron chi connectivity index (χ1n) is 18.1. The van der Waals surface area contributed by atoms with Crippen LogP contribution in [0.15, 0.2) is 0 Å². The van der Waals surface area contributed by atoms with Crippen LogP contribution in [0.25, 0.3) is 0 Å². The van der Waals surface area contributed by atoms with E-state index in [1.54, 1.807) is 23.7 Å². The summed E-state index contributed by atoms with van der Waals surface area (Å²) in [6, 6.07) is 0. The van der Waals surface area contributed by atoms with Crippen LogP contribution in [0.5, 0.6) is 0 Å². The molecule has 0 amide bonds. The van der Waals surface area contributed by atoms with Gasteiger partial charge in [-0.3, -0.25) is 0 Å². The van der Waals surface area contributed by atoms with E-state index in [0.717, 1.165) is 23.7 Å². The Labute approximate surface area is 350 Å². The Morgan fingerprint density at radius 2 is 0.660 bits per heavy atom. The average molecular weight is 913 g/mol. The van der Waals surface area contributed by atoms with E-state index in [1.165, 1.54) is 84.9 Å². The summed E-state index contributed by atoms with van der Waals surface area (Å²) >= 11 is -1.65. The second kappa shape index (κ2) is 20.6. The van der Waals surface area contributed by atoms with Gasteiger partial charge in [0.05, 0.1) is 0 Å². The zero-order valence-electron chi connectivity index (χ0n) is 33.1. The summed E-state index contributed by atoms with van der Waals surface area (Å²) in [6.07, 6.45) is 19.3. The molecule has 0 aromatic rings. The predicted octanol–water partition coefficient (Wildman–Crippen LogP) is 14.4. The first-order valence-corrected chi connectivity index (χ1v) is 30.8. The van der Waals surface area contributed by atoms with Gasteiger partial charge in [0.15, 0.2) is 0 Å². The Balaban J connectivity index is 0.000000172. The van der Waals surface area contributed by atoms with E-state index in [9.17, 15) is 0 Å². The van der Waals surface area contributed by atoms with Crippen LogP contribution in [-0.2, 0) is 41.7 Å². The van der Waals surface area contributed by atoms with Gasteiger partial charge in [0.25, 0.3) is 0 Å². The Bertz CT molecular complexity index is 837. The van der Waals surface area contributed by atoms with E-state index in [1.807, 2.05) is 0 Å². The van der Waals surface area contributed by atoms with E-state index in [-0.39, 0.29) is 0 Å². The fourth-order valence-corrected chi connectivity index (χ4v) is 9.12. The molecule has 0 nitrogen and oxygen atoms in total. The third-order valence-corrected chi connectivity index (χ3v) is 14.1. The average Bonchev–Trinajstić information content (AvgIpc) is 3.85. The molecular formula is C44H60Cl4Zr2. The molecule has 50 heavy (non-hydrogen) atoms. The standard InChI is InChI=1S/2C12H15.2C10H15.4ClH.2Zr/c2*1-12(2)9-6-8-4-3-5-10(8)11(12)7-9;2*1-6-7(2)9(4)10(5)8(6)3;;;;;;/h2*3-5,9,11H,6-7H2,1-2H3;2*1-5H3;4*1H;;/q;;;;;;;;2*+2/p-4. The molecule has 10 saturated carbocycles. The number of hydrogen-bond donors (Lipinski definition) is 0. The van der Waals surface area contributed by atoms with Crippen LogP contribution in [0.2, 0.25) is 0 Å². The fraction of sp³-hybridized carbons (Fsp3) is 0.545. The van der Waals surface area contributed by atoms with E-state index in [0.29, 0.717) is 10.8 Å². The van der Waals surface area contributed by atoms with Crippen molar-refractivity contribution in [3.63, 3.8) is 0 Å². The summed E-state index contributed by atoms with van der Waals surface area (Å²) in [5, 5.41) is 0. The Kier molecular flexibility index (Phi) is 19.5. The molecule has 20 radical (unpaired) electrons. The second-order valence-corrected chi connectivity index (χ2v) is 23.9. The summed E-state index contributed by atoms with van der Waals surface area (Å²) in [6.45, 7) is 31.7. The summed E-state index contributed by atoms with van der Waals surface area (Å²) < 4.78 is 0. The normalized spacial score (nSPS) is 33.8. The summed E-state index contributed by atoms with van der Waals surface area (Å²) in [7, 11) is 19.7. The van der Waals surface area contributed by atoms with Crippen LogP contribution in [0.4, 0.5) is 0 Å². The van der Waals surface area contributed by atoms with Crippen molar-refractivity contribution in [1.82, 2.24) is 0 Å². The van der Waals surface area contributed by atoms with Crippen molar-refractivity contribution in [2.24, 2.45) is 34.5 Å². The van der Waals surface area contributed by atoms with Gasteiger partial charge in [-0.2, -0.15) is 0 Å². The second-order valence-electron chi connectivity index (χ2n) is 16.4. The van der Waals surface area contributed by atoms with Crippen molar-refractivity contribution in [3.8, 4) is 0 Å². The predicted molar refractivity (Wildman–Crippen MR) is 211 cm³/mol. The summed E-state index contributed by atoms with van der Waals surface area (Å²) in [4.78, 5) is 0. The Morgan fingerprint density at radius 1 is 0.440 bits per heavy atom. The molecule has 4 bridgehead atoms. The van der Waals surface area contributed by atoms with Crippen LogP contribution < -0.4 is 0 Å². The molecule has 10 rings (SSSR count). The van der Waals surface area contributed by atoms with E-state index >= 15 is 0 Å². The van der Waals surface area contributed by atoms with E-state index in [2.05, 4.69) is 135 Å². The fourth-order valence-electron chi connectivity index (χ4n) is 9.12. The van der Waals surface area contributed by atoms with Gasteiger partial charge < -0.3 is 0 Å². The number of hydrogen-bond acceptors (Lipinski definition) is 0. The Morgan fingerprint density at radius 3 is 0.860 bits per heavy atom.